The average molecular weight is 497 g/mol. The van der Waals surface area contributed by atoms with Crippen molar-refractivity contribution in [3.63, 3.8) is 0 Å². The van der Waals surface area contributed by atoms with Crippen LogP contribution in [0.3, 0.4) is 0 Å². The van der Waals surface area contributed by atoms with E-state index in [-0.39, 0.29) is 11.3 Å². The lowest BCUT2D eigenvalue weighted by atomic mass is 9.74. The Balaban J connectivity index is 1.54. The van der Waals surface area contributed by atoms with Crippen molar-refractivity contribution >= 4 is 11.9 Å². The van der Waals surface area contributed by atoms with Gasteiger partial charge in [-0.05, 0) is 62.5 Å². The Morgan fingerprint density at radius 2 is 1.62 bits per heavy atom. The molecule has 2 saturated carbocycles. The molecule has 1 heterocycles. The van der Waals surface area contributed by atoms with Gasteiger partial charge in [-0.15, -0.1) is 0 Å². The molecule has 5 nitrogen and oxygen atoms in total. The van der Waals surface area contributed by atoms with Crippen molar-refractivity contribution in [1.82, 2.24) is 14.9 Å². The highest BCUT2D eigenvalue weighted by molar-refractivity contribution is 5.95. The van der Waals surface area contributed by atoms with Crippen LogP contribution < -0.4 is 5.32 Å². The molecule has 2 aliphatic carbocycles. The SMILES string of the molecule is CCN(Cc1ccccc1)C(=O)c1cnc(NC2CCC(C)CC2)nc1C1(c2ccccc2)CCCC1. The minimum Gasteiger partial charge on any atom is -0.351 e. The molecule has 0 atom stereocenters. The number of rotatable bonds is 8. The van der Waals surface area contributed by atoms with Gasteiger partial charge in [0.1, 0.15) is 0 Å². The van der Waals surface area contributed by atoms with E-state index in [1.165, 1.54) is 18.4 Å². The summed E-state index contributed by atoms with van der Waals surface area (Å²) in [6.45, 7) is 5.59. The number of nitrogens with one attached hydrogen (secondary N) is 1. The molecule has 2 fully saturated rings. The molecular formula is C32H40N4O. The van der Waals surface area contributed by atoms with E-state index in [0.29, 0.717) is 30.6 Å². The predicted molar refractivity (Wildman–Crippen MR) is 150 cm³/mol. The van der Waals surface area contributed by atoms with Crippen molar-refractivity contribution in [3.05, 3.63) is 89.2 Å². The van der Waals surface area contributed by atoms with Crippen LogP contribution in [0.2, 0.25) is 0 Å². The lowest BCUT2D eigenvalue weighted by Gasteiger charge is -2.33. The molecular weight excluding hydrogens is 456 g/mol. The van der Waals surface area contributed by atoms with Crippen molar-refractivity contribution in [2.45, 2.75) is 83.2 Å². The molecule has 0 unspecified atom stereocenters. The van der Waals surface area contributed by atoms with Gasteiger partial charge < -0.3 is 10.2 Å². The summed E-state index contributed by atoms with van der Waals surface area (Å²) in [7, 11) is 0. The monoisotopic (exact) mass is 496 g/mol. The Hall–Kier alpha value is -3.21. The molecule has 1 aromatic heterocycles. The van der Waals surface area contributed by atoms with Crippen molar-refractivity contribution in [3.8, 4) is 0 Å². The van der Waals surface area contributed by atoms with Crippen LogP contribution in [0.1, 0.15) is 92.4 Å². The van der Waals surface area contributed by atoms with Gasteiger partial charge in [0, 0.05) is 30.7 Å². The summed E-state index contributed by atoms with van der Waals surface area (Å²) >= 11 is 0. The third-order valence-electron chi connectivity index (χ3n) is 8.49. The highest BCUT2D eigenvalue weighted by Crippen LogP contribution is 2.47. The van der Waals surface area contributed by atoms with Crippen molar-refractivity contribution < 1.29 is 4.79 Å². The number of benzene rings is 2. The smallest absolute Gasteiger partial charge is 0.257 e. The van der Waals surface area contributed by atoms with E-state index >= 15 is 0 Å². The molecule has 5 heteroatoms. The number of carbonyl (C=O) groups excluding carboxylic acids is 1. The second-order valence-corrected chi connectivity index (χ2v) is 11.0. The molecule has 0 bridgehead atoms. The van der Waals surface area contributed by atoms with Gasteiger partial charge in [0.15, 0.2) is 0 Å². The fourth-order valence-electron chi connectivity index (χ4n) is 6.26. The molecule has 194 valence electrons. The number of carbonyl (C=O) groups is 1. The molecule has 0 spiro atoms. The normalized spacial score (nSPS) is 20.9. The number of aromatic nitrogens is 2. The van der Waals surface area contributed by atoms with E-state index < -0.39 is 0 Å². The first kappa shape index (κ1) is 25.4. The third-order valence-corrected chi connectivity index (χ3v) is 8.49. The zero-order valence-electron chi connectivity index (χ0n) is 22.3. The van der Waals surface area contributed by atoms with Crippen LogP contribution in [0, 0.1) is 5.92 Å². The highest BCUT2D eigenvalue weighted by Gasteiger charge is 2.42. The van der Waals surface area contributed by atoms with Gasteiger partial charge in [0.25, 0.3) is 5.91 Å². The quantitative estimate of drug-likeness (QED) is 0.365. The van der Waals surface area contributed by atoms with Crippen LogP contribution >= 0.6 is 0 Å². The van der Waals surface area contributed by atoms with Crippen molar-refractivity contribution in [2.75, 3.05) is 11.9 Å². The van der Waals surface area contributed by atoms with Gasteiger partial charge in [0.2, 0.25) is 5.95 Å². The van der Waals surface area contributed by atoms with Crippen LogP contribution in [0.25, 0.3) is 0 Å². The first-order valence-corrected chi connectivity index (χ1v) is 14.1. The van der Waals surface area contributed by atoms with Crippen LogP contribution in [-0.2, 0) is 12.0 Å². The zero-order chi connectivity index (χ0) is 25.7. The molecule has 1 amide bonds. The Kier molecular flexibility index (Phi) is 7.87. The van der Waals surface area contributed by atoms with Crippen LogP contribution in [-0.4, -0.2) is 33.4 Å². The van der Waals surface area contributed by atoms with E-state index in [0.717, 1.165) is 55.7 Å². The molecule has 0 aliphatic heterocycles. The lowest BCUT2D eigenvalue weighted by Crippen LogP contribution is -2.36. The summed E-state index contributed by atoms with van der Waals surface area (Å²) in [5, 5.41) is 3.64. The minimum atomic E-state index is -0.265. The maximum absolute atomic E-state index is 14.1. The maximum atomic E-state index is 14.1. The number of nitrogens with zero attached hydrogens (tertiary/aromatic N) is 3. The van der Waals surface area contributed by atoms with E-state index in [4.69, 9.17) is 9.97 Å². The number of anilines is 1. The summed E-state index contributed by atoms with van der Waals surface area (Å²) in [4.78, 5) is 25.9. The highest BCUT2D eigenvalue weighted by atomic mass is 16.2. The van der Waals surface area contributed by atoms with E-state index in [9.17, 15) is 4.79 Å². The van der Waals surface area contributed by atoms with Crippen molar-refractivity contribution in [1.29, 1.82) is 0 Å². The van der Waals surface area contributed by atoms with E-state index in [1.807, 2.05) is 30.0 Å². The Bertz CT molecular complexity index is 1170. The summed E-state index contributed by atoms with van der Waals surface area (Å²) in [5.74, 6) is 1.47. The Morgan fingerprint density at radius 3 is 2.27 bits per heavy atom. The molecule has 0 radical (unpaired) electrons. The largest absolute Gasteiger partial charge is 0.351 e. The van der Waals surface area contributed by atoms with Crippen LogP contribution in [0.4, 0.5) is 5.95 Å². The zero-order valence-corrected chi connectivity index (χ0v) is 22.3. The predicted octanol–water partition coefficient (Wildman–Crippen LogP) is 6.99. The summed E-state index contributed by atoms with van der Waals surface area (Å²) in [5.41, 5.74) is 3.66. The van der Waals surface area contributed by atoms with E-state index in [2.05, 4.69) is 54.7 Å². The standard InChI is InChI=1S/C32H40N4O/c1-3-36(23-25-12-6-4-7-13-25)30(37)28-22-33-31(34-27-18-16-24(2)17-19-27)35-29(28)32(20-10-11-21-32)26-14-8-5-9-15-26/h4-9,12-15,22,24,27H,3,10-11,16-21,23H2,1-2H3,(H,33,34,35). The number of hydrogen-bond donors (Lipinski definition) is 1. The fraction of sp³-hybridized carbons (Fsp3) is 0.469. The summed E-state index contributed by atoms with van der Waals surface area (Å²) in [6.07, 6.45) is 10.8. The molecule has 2 aromatic carbocycles. The topological polar surface area (TPSA) is 58.1 Å². The molecule has 2 aliphatic rings. The average Bonchev–Trinajstić information content (AvgIpc) is 3.45. The molecule has 5 rings (SSSR count). The first-order valence-electron chi connectivity index (χ1n) is 14.1. The lowest BCUT2D eigenvalue weighted by molar-refractivity contribution is 0.0749. The fourth-order valence-corrected chi connectivity index (χ4v) is 6.26. The number of amides is 1. The van der Waals surface area contributed by atoms with Crippen molar-refractivity contribution in [2.24, 2.45) is 5.92 Å². The van der Waals surface area contributed by atoms with Gasteiger partial charge in [-0.3, -0.25) is 4.79 Å². The third kappa shape index (κ3) is 5.56. The molecule has 37 heavy (non-hydrogen) atoms. The van der Waals surface area contributed by atoms with Gasteiger partial charge in [-0.1, -0.05) is 80.4 Å². The first-order chi connectivity index (χ1) is 18.1. The summed E-state index contributed by atoms with van der Waals surface area (Å²) in [6, 6.07) is 21.3. The Labute approximate surface area is 221 Å². The van der Waals surface area contributed by atoms with Crippen LogP contribution in [0.5, 0.6) is 0 Å². The number of hydrogen-bond acceptors (Lipinski definition) is 4. The molecule has 3 aromatic rings. The van der Waals surface area contributed by atoms with Crippen LogP contribution in [0.15, 0.2) is 66.9 Å². The molecule has 1 N–H and O–H groups in total. The minimum absolute atomic E-state index is 0.0154. The Morgan fingerprint density at radius 1 is 0.973 bits per heavy atom. The second kappa shape index (κ2) is 11.5. The van der Waals surface area contributed by atoms with Gasteiger partial charge >= 0.3 is 0 Å². The van der Waals surface area contributed by atoms with Gasteiger partial charge in [-0.2, -0.15) is 0 Å². The van der Waals surface area contributed by atoms with E-state index in [1.54, 1.807) is 6.20 Å². The second-order valence-electron chi connectivity index (χ2n) is 11.0. The van der Waals surface area contributed by atoms with Gasteiger partial charge in [-0.25, -0.2) is 9.97 Å². The summed E-state index contributed by atoms with van der Waals surface area (Å²) < 4.78 is 0. The molecule has 0 saturated heterocycles. The van der Waals surface area contributed by atoms with Gasteiger partial charge in [0.05, 0.1) is 11.3 Å². The maximum Gasteiger partial charge on any atom is 0.257 e.